The van der Waals surface area contributed by atoms with Crippen molar-refractivity contribution in [2.75, 3.05) is 19.5 Å². The molecule has 2 nitrogen and oxygen atoms in total. The Morgan fingerprint density at radius 3 is 2.18 bits per heavy atom. The summed E-state index contributed by atoms with van der Waals surface area (Å²) in [5.74, 6) is 2.44. The van der Waals surface area contributed by atoms with Crippen molar-refractivity contribution in [3.05, 3.63) is 24.3 Å². The molecule has 0 spiro atoms. The fourth-order valence-corrected chi connectivity index (χ4v) is 2.23. The zero-order valence-corrected chi connectivity index (χ0v) is 11.8. The zero-order valence-electron chi connectivity index (χ0n) is 10.9. The van der Waals surface area contributed by atoms with Crippen molar-refractivity contribution in [2.45, 2.75) is 26.7 Å². The second-order valence-corrected chi connectivity index (χ2v) is 4.62. The van der Waals surface area contributed by atoms with Crippen molar-refractivity contribution in [1.29, 1.82) is 0 Å². The van der Waals surface area contributed by atoms with Gasteiger partial charge in [-0.1, -0.05) is 26.0 Å². The van der Waals surface area contributed by atoms with Crippen LogP contribution in [0.25, 0.3) is 0 Å². The average Bonchev–Trinajstić information content (AvgIpc) is 2.41. The van der Waals surface area contributed by atoms with Gasteiger partial charge in [0.2, 0.25) is 0 Å². The van der Waals surface area contributed by atoms with E-state index < -0.39 is 0 Å². The summed E-state index contributed by atoms with van der Waals surface area (Å²) in [6, 6.07) is 7.75. The van der Waals surface area contributed by atoms with Crippen molar-refractivity contribution in [2.24, 2.45) is 5.41 Å². The quantitative estimate of drug-likeness (QED) is 0.746. The highest BCUT2D eigenvalue weighted by molar-refractivity contribution is 7.80. The molecule has 0 unspecified atom stereocenters. The number of benzene rings is 1. The van der Waals surface area contributed by atoms with E-state index in [2.05, 4.69) is 26.5 Å². The van der Waals surface area contributed by atoms with E-state index in [1.807, 2.05) is 24.3 Å². The van der Waals surface area contributed by atoms with E-state index >= 15 is 0 Å². The van der Waals surface area contributed by atoms with Crippen molar-refractivity contribution in [3.8, 4) is 11.5 Å². The number of para-hydroxylation sites is 2. The second kappa shape index (κ2) is 6.80. The standard InChI is InChI=1S/C14H22O2S/c1-4-14(5-2,11-17)10-16-13-9-7-6-8-12(13)15-3/h6-9,17H,4-5,10-11H2,1-3H3. The number of hydrogen-bond donors (Lipinski definition) is 1. The topological polar surface area (TPSA) is 18.5 Å². The van der Waals surface area contributed by atoms with E-state index in [0.717, 1.165) is 30.1 Å². The summed E-state index contributed by atoms with van der Waals surface area (Å²) >= 11 is 4.45. The Morgan fingerprint density at radius 1 is 1.12 bits per heavy atom. The van der Waals surface area contributed by atoms with Crippen LogP contribution >= 0.6 is 12.6 Å². The Hall–Kier alpha value is -0.830. The molecule has 1 aromatic carbocycles. The fourth-order valence-electron chi connectivity index (χ4n) is 1.69. The van der Waals surface area contributed by atoms with Gasteiger partial charge in [0.15, 0.2) is 11.5 Å². The van der Waals surface area contributed by atoms with Crippen LogP contribution < -0.4 is 9.47 Å². The summed E-state index contributed by atoms with van der Waals surface area (Å²) in [5, 5.41) is 0. The highest BCUT2D eigenvalue weighted by Crippen LogP contribution is 2.32. The Morgan fingerprint density at radius 2 is 1.71 bits per heavy atom. The molecule has 96 valence electrons. The van der Waals surface area contributed by atoms with Crippen LogP contribution in [-0.2, 0) is 0 Å². The van der Waals surface area contributed by atoms with Crippen molar-refractivity contribution in [1.82, 2.24) is 0 Å². The number of methoxy groups -OCH3 is 1. The van der Waals surface area contributed by atoms with Gasteiger partial charge in [-0.15, -0.1) is 0 Å². The van der Waals surface area contributed by atoms with Crippen LogP contribution in [0.4, 0.5) is 0 Å². The molecule has 0 saturated carbocycles. The van der Waals surface area contributed by atoms with Crippen LogP contribution in [-0.4, -0.2) is 19.5 Å². The first-order valence-corrected chi connectivity index (χ1v) is 6.71. The molecule has 0 atom stereocenters. The van der Waals surface area contributed by atoms with Gasteiger partial charge < -0.3 is 9.47 Å². The maximum absolute atomic E-state index is 5.89. The second-order valence-electron chi connectivity index (χ2n) is 4.30. The minimum atomic E-state index is 0.157. The Kier molecular flexibility index (Phi) is 5.69. The third-order valence-electron chi connectivity index (χ3n) is 3.44. The maximum atomic E-state index is 5.89. The molecule has 0 heterocycles. The van der Waals surface area contributed by atoms with Gasteiger partial charge in [-0.3, -0.25) is 0 Å². The van der Waals surface area contributed by atoms with Gasteiger partial charge >= 0.3 is 0 Å². The molecular weight excluding hydrogens is 232 g/mol. The molecule has 0 fully saturated rings. The summed E-state index contributed by atoms with van der Waals surface area (Å²) in [6.07, 6.45) is 2.14. The summed E-state index contributed by atoms with van der Waals surface area (Å²) in [4.78, 5) is 0. The van der Waals surface area contributed by atoms with Gasteiger partial charge in [-0.2, -0.15) is 12.6 Å². The van der Waals surface area contributed by atoms with Crippen LogP contribution in [0, 0.1) is 5.41 Å². The normalized spacial score (nSPS) is 11.3. The van der Waals surface area contributed by atoms with Crippen LogP contribution in [0.2, 0.25) is 0 Å². The SMILES string of the molecule is CCC(CC)(CS)COc1ccccc1OC. The van der Waals surface area contributed by atoms with Crippen molar-refractivity contribution >= 4 is 12.6 Å². The molecule has 0 aliphatic carbocycles. The van der Waals surface area contributed by atoms with Gasteiger partial charge in [-0.05, 0) is 30.7 Å². The van der Waals surface area contributed by atoms with E-state index in [1.54, 1.807) is 7.11 Å². The summed E-state index contributed by atoms with van der Waals surface area (Å²) in [5.41, 5.74) is 0.157. The molecule has 0 aromatic heterocycles. The molecule has 17 heavy (non-hydrogen) atoms. The van der Waals surface area contributed by atoms with E-state index in [-0.39, 0.29) is 5.41 Å². The highest BCUT2D eigenvalue weighted by Gasteiger charge is 2.25. The lowest BCUT2D eigenvalue weighted by molar-refractivity contribution is 0.153. The molecule has 0 aliphatic rings. The molecule has 0 saturated heterocycles. The van der Waals surface area contributed by atoms with Gasteiger partial charge in [0.1, 0.15) is 0 Å². The lowest BCUT2D eigenvalue weighted by atomic mass is 9.85. The van der Waals surface area contributed by atoms with E-state index in [9.17, 15) is 0 Å². The Bertz CT molecular complexity index is 326. The molecule has 1 aromatic rings. The predicted molar refractivity (Wildman–Crippen MR) is 75.4 cm³/mol. The Balaban J connectivity index is 2.71. The Labute approximate surface area is 110 Å². The first-order valence-electron chi connectivity index (χ1n) is 6.08. The summed E-state index contributed by atoms with van der Waals surface area (Å²) < 4.78 is 11.2. The smallest absolute Gasteiger partial charge is 0.161 e. The van der Waals surface area contributed by atoms with Crippen LogP contribution in [0.5, 0.6) is 11.5 Å². The molecule has 0 aliphatic heterocycles. The highest BCUT2D eigenvalue weighted by atomic mass is 32.1. The van der Waals surface area contributed by atoms with Crippen molar-refractivity contribution < 1.29 is 9.47 Å². The number of hydrogen-bond acceptors (Lipinski definition) is 3. The molecule has 0 amide bonds. The fraction of sp³-hybridized carbons (Fsp3) is 0.571. The minimum absolute atomic E-state index is 0.157. The van der Waals surface area contributed by atoms with Crippen LogP contribution in [0.3, 0.4) is 0 Å². The zero-order chi connectivity index (χ0) is 12.7. The average molecular weight is 254 g/mol. The van der Waals surface area contributed by atoms with E-state index in [1.165, 1.54) is 0 Å². The number of thiol groups is 1. The monoisotopic (exact) mass is 254 g/mol. The van der Waals surface area contributed by atoms with Gasteiger partial charge in [-0.25, -0.2) is 0 Å². The summed E-state index contributed by atoms with van der Waals surface area (Å²) in [6.45, 7) is 5.06. The maximum Gasteiger partial charge on any atom is 0.161 e. The lowest BCUT2D eigenvalue weighted by Crippen LogP contribution is -2.29. The number of rotatable bonds is 7. The van der Waals surface area contributed by atoms with Crippen molar-refractivity contribution in [3.63, 3.8) is 0 Å². The van der Waals surface area contributed by atoms with Gasteiger partial charge in [0.25, 0.3) is 0 Å². The van der Waals surface area contributed by atoms with Gasteiger partial charge in [0.05, 0.1) is 13.7 Å². The van der Waals surface area contributed by atoms with E-state index in [4.69, 9.17) is 9.47 Å². The molecule has 3 heteroatoms. The minimum Gasteiger partial charge on any atom is -0.493 e. The van der Waals surface area contributed by atoms with Crippen LogP contribution in [0.15, 0.2) is 24.3 Å². The first-order chi connectivity index (χ1) is 8.21. The van der Waals surface area contributed by atoms with Gasteiger partial charge in [0, 0.05) is 5.41 Å². The number of ether oxygens (including phenoxy) is 2. The summed E-state index contributed by atoms with van der Waals surface area (Å²) in [7, 11) is 1.66. The van der Waals surface area contributed by atoms with E-state index in [0.29, 0.717) is 6.61 Å². The van der Waals surface area contributed by atoms with Crippen LogP contribution in [0.1, 0.15) is 26.7 Å². The molecular formula is C14H22O2S. The first kappa shape index (κ1) is 14.2. The lowest BCUT2D eigenvalue weighted by Gasteiger charge is -2.29. The molecule has 1 rings (SSSR count). The largest absolute Gasteiger partial charge is 0.493 e. The predicted octanol–water partition coefficient (Wildman–Crippen LogP) is 3.81. The molecule has 0 radical (unpaired) electrons. The third kappa shape index (κ3) is 3.56. The molecule has 0 N–H and O–H groups in total. The molecule has 0 bridgehead atoms. The third-order valence-corrected chi connectivity index (χ3v) is 4.11.